The highest BCUT2D eigenvalue weighted by molar-refractivity contribution is 5.87. The lowest BCUT2D eigenvalue weighted by Crippen LogP contribution is -2.63. The maximum absolute atomic E-state index is 12.7. The Morgan fingerprint density at radius 3 is 2.42 bits per heavy atom. The number of carbonyl (C=O) groups excluding carboxylic acids is 1. The summed E-state index contributed by atoms with van der Waals surface area (Å²) in [4.78, 5) is 12.7. The van der Waals surface area contributed by atoms with Gasteiger partial charge in [0.15, 0.2) is 5.79 Å². The Labute approximate surface area is 157 Å². The molecule has 5 rings (SSSR count). The molecular formula is C22H34O4. The molecule has 1 aliphatic heterocycles. The quantitative estimate of drug-likeness (QED) is 0.714. The van der Waals surface area contributed by atoms with Gasteiger partial charge in [-0.25, -0.2) is 0 Å². The number of Topliss-reactive ketones (excluding diaryl/α,β-unsaturated/α-hetero) is 1. The van der Waals surface area contributed by atoms with Crippen molar-refractivity contribution >= 4 is 5.78 Å². The molecule has 5 fully saturated rings. The van der Waals surface area contributed by atoms with Crippen LogP contribution in [0.15, 0.2) is 0 Å². The fourth-order valence-electron chi connectivity index (χ4n) is 7.93. The number of carbonyl (C=O) groups is 1. The van der Waals surface area contributed by atoms with E-state index in [1.807, 2.05) is 13.8 Å². The second kappa shape index (κ2) is 5.33. The van der Waals surface area contributed by atoms with Crippen molar-refractivity contribution in [2.24, 2.45) is 34.5 Å². The Kier molecular flexibility index (Phi) is 3.61. The van der Waals surface area contributed by atoms with E-state index in [0.717, 1.165) is 44.9 Å². The van der Waals surface area contributed by atoms with Crippen LogP contribution in [-0.2, 0) is 14.3 Å². The first-order chi connectivity index (χ1) is 12.2. The van der Waals surface area contributed by atoms with Gasteiger partial charge in [-0.3, -0.25) is 4.79 Å². The zero-order valence-corrected chi connectivity index (χ0v) is 16.7. The van der Waals surface area contributed by atoms with Gasteiger partial charge in [-0.1, -0.05) is 13.8 Å². The molecule has 146 valence electrons. The van der Waals surface area contributed by atoms with Crippen LogP contribution in [0.3, 0.4) is 0 Å². The van der Waals surface area contributed by atoms with Gasteiger partial charge in [0.05, 0.1) is 18.3 Å². The lowest BCUT2D eigenvalue weighted by Gasteiger charge is -2.62. The average Bonchev–Trinajstić information content (AvgIpc) is 3.05. The van der Waals surface area contributed by atoms with E-state index in [0.29, 0.717) is 29.5 Å². The lowest BCUT2D eigenvalue weighted by molar-refractivity contribution is -0.186. The summed E-state index contributed by atoms with van der Waals surface area (Å²) in [6.45, 7) is 8.72. The van der Waals surface area contributed by atoms with Crippen molar-refractivity contribution in [3.8, 4) is 0 Å². The Balaban J connectivity index is 1.59. The van der Waals surface area contributed by atoms with Gasteiger partial charge in [0.1, 0.15) is 5.78 Å². The third-order valence-electron chi connectivity index (χ3n) is 9.22. The SMILES string of the molecule is CC1(C)O[C@@H]2C3C4CCC(=O)[C@@]4(C)CC[C@@H]3[C@@]3(C)CC[C@H](O)CC3[C@H]2O1. The average molecular weight is 363 g/mol. The van der Waals surface area contributed by atoms with Crippen LogP contribution in [0.5, 0.6) is 0 Å². The number of rotatable bonds is 0. The summed E-state index contributed by atoms with van der Waals surface area (Å²) in [7, 11) is 0. The molecule has 0 aromatic heterocycles. The highest BCUT2D eigenvalue weighted by Gasteiger charge is 2.68. The molecule has 0 radical (unpaired) electrons. The van der Waals surface area contributed by atoms with Crippen LogP contribution in [0.1, 0.15) is 72.6 Å². The topological polar surface area (TPSA) is 55.8 Å². The number of hydrogen-bond donors (Lipinski definition) is 1. The van der Waals surface area contributed by atoms with E-state index in [-0.39, 0.29) is 29.1 Å². The number of aliphatic hydroxyl groups excluding tert-OH is 1. The summed E-state index contributed by atoms with van der Waals surface area (Å²) in [6.07, 6.45) is 6.66. The van der Waals surface area contributed by atoms with Gasteiger partial charge in [-0.2, -0.15) is 0 Å². The molecule has 4 nitrogen and oxygen atoms in total. The van der Waals surface area contributed by atoms with E-state index in [1.165, 1.54) is 0 Å². The maximum Gasteiger partial charge on any atom is 0.163 e. The first-order valence-corrected chi connectivity index (χ1v) is 10.7. The second-order valence-corrected chi connectivity index (χ2v) is 10.8. The first-order valence-electron chi connectivity index (χ1n) is 10.7. The van der Waals surface area contributed by atoms with Crippen molar-refractivity contribution < 1.29 is 19.4 Å². The van der Waals surface area contributed by atoms with Gasteiger partial charge in [-0.05, 0) is 81.5 Å². The summed E-state index contributed by atoms with van der Waals surface area (Å²) in [5.74, 6) is 1.71. The molecular weight excluding hydrogens is 328 g/mol. The monoisotopic (exact) mass is 362 g/mol. The molecule has 0 spiro atoms. The number of fused-ring (bicyclic) bond motifs is 8. The molecule has 9 atom stereocenters. The predicted molar refractivity (Wildman–Crippen MR) is 97.3 cm³/mol. The molecule has 4 heteroatoms. The molecule has 0 bridgehead atoms. The molecule has 4 aliphatic carbocycles. The number of ether oxygens (including phenoxy) is 2. The minimum atomic E-state index is -0.565. The summed E-state index contributed by atoms with van der Waals surface area (Å²) < 4.78 is 13.0. The smallest absolute Gasteiger partial charge is 0.163 e. The van der Waals surface area contributed by atoms with Crippen LogP contribution >= 0.6 is 0 Å². The van der Waals surface area contributed by atoms with E-state index in [4.69, 9.17) is 9.47 Å². The van der Waals surface area contributed by atoms with Crippen LogP contribution in [0.4, 0.5) is 0 Å². The highest BCUT2D eigenvalue weighted by Crippen LogP contribution is 2.67. The van der Waals surface area contributed by atoms with E-state index < -0.39 is 5.79 Å². The van der Waals surface area contributed by atoms with Gasteiger partial charge < -0.3 is 14.6 Å². The summed E-state index contributed by atoms with van der Waals surface area (Å²) >= 11 is 0. The van der Waals surface area contributed by atoms with Crippen molar-refractivity contribution in [1.29, 1.82) is 0 Å². The maximum atomic E-state index is 12.7. The fourth-order valence-corrected chi connectivity index (χ4v) is 7.93. The molecule has 1 heterocycles. The van der Waals surface area contributed by atoms with Gasteiger partial charge in [0, 0.05) is 11.8 Å². The third-order valence-corrected chi connectivity index (χ3v) is 9.22. The van der Waals surface area contributed by atoms with Gasteiger partial charge in [0.2, 0.25) is 0 Å². The van der Waals surface area contributed by atoms with E-state index >= 15 is 0 Å². The first kappa shape index (κ1) is 17.6. The summed E-state index contributed by atoms with van der Waals surface area (Å²) in [5.41, 5.74) is 0.0427. The van der Waals surface area contributed by atoms with Crippen molar-refractivity contribution in [1.82, 2.24) is 0 Å². The van der Waals surface area contributed by atoms with Crippen LogP contribution in [0.25, 0.3) is 0 Å². The Bertz CT molecular complexity index is 630. The Morgan fingerprint density at radius 2 is 1.65 bits per heavy atom. The summed E-state index contributed by atoms with van der Waals surface area (Å²) in [6, 6.07) is 0. The van der Waals surface area contributed by atoms with Crippen molar-refractivity contribution in [2.75, 3.05) is 0 Å². The van der Waals surface area contributed by atoms with Crippen molar-refractivity contribution in [2.45, 2.75) is 96.7 Å². The third kappa shape index (κ3) is 2.15. The van der Waals surface area contributed by atoms with Crippen molar-refractivity contribution in [3.63, 3.8) is 0 Å². The molecule has 1 N–H and O–H groups in total. The van der Waals surface area contributed by atoms with Crippen LogP contribution in [-0.4, -0.2) is 35.0 Å². The molecule has 1 saturated heterocycles. The normalized spacial score (nSPS) is 57.9. The fraction of sp³-hybridized carbons (Fsp3) is 0.955. The van der Waals surface area contributed by atoms with Gasteiger partial charge in [-0.15, -0.1) is 0 Å². The van der Waals surface area contributed by atoms with Gasteiger partial charge >= 0.3 is 0 Å². The van der Waals surface area contributed by atoms with Crippen LogP contribution in [0, 0.1) is 34.5 Å². The molecule has 4 saturated carbocycles. The standard InChI is InChI=1S/C22H34O4/c1-20(2)25-18-15-11-12(23)7-9-21(15,3)14-8-10-22(4)13(5-6-16(22)24)17(14)19(18)26-20/h12-15,17-19,23H,5-11H2,1-4H3/t12-,13?,14-,15?,17?,18+,19+,21+,22-/m0/s1. The largest absolute Gasteiger partial charge is 0.393 e. The zero-order chi connectivity index (χ0) is 18.5. The number of aliphatic hydroxyl groups is 1. The van der Waals surface area contributed by atoms with Crippen LogP contribution in [0.2, 0.25) is 0 Å². The van der Waals surface area contributed by atoms with Crippen molar-refractivity contribution in [3.05, 3.63) is 0 Å². The zero-order valence-electron chi connectivity index (χ0n) is 16.7. The number of ketones is 1. The summed E-state index contributed by atoms with van der Waals surface area (Å²) in [5, 5.41) is 10.4. The van der Waals surface area contributed by atoms with Gasteiger partial charge in [0.25, 0.3) is 0 Å². The molecule has 26 heavy (non-hydrogen) atoms. The number of hydrogen-bond acceptors (Lipinski definition) is 4. The van der Waals surface area contributed by atoms with E-state index in [9.17, 15) is 9.90 Å². The highest BCUT2D eigenvalue weighted by atomic mass is 16.8. The Hall–Kier alpha value is -0.450. The molecule has 3 unspecified atom stereocenters. The minimum Gasteiger partial charge on any atom is -0.393 e. The van der Waals surface area contributed by atoms with Crippen LogP contribution < -0.4 is 0 Å². The van der Waals surface area contributed by atoms with E-state index in [2.05, 4.69) is 13.8 Å². The molecule has 0 aromatic rings. The lowest BCUT2D eigenvalue weighted by atomic mass is 9.44. The predicted octanol–water partition coefficient (Wildman–Crippen LogP) is 3.70. The molecule has 0 aromatic carbocycles. The Morgan fingerprint density at radius 1 is 0.923 bits per heavy atom. The second-order valence-electron chi connectivity index (χ2n) is 10.8. The molecule has 5 aliphatic rings. The van der Waals surface area contributed by atoms with E-state index in [1.54, 1.807) is 0 Å². The minimum absolute atomic E-state index is 0.0595. The molecule has 0 amide bonds.